The third-order valence-electron chi connectivity index (χ3n) is 5.11. The van der Waals surface area contributed by atoms with Gasteiger partial charge in [-0.25, -0.2) is 4.98 Å². The Hall–Kier alpha value is -2.89. The lowest BCUT2D eigenvalue weighted by Crippen LogP contribution is -2.28. The minimum absolute atomic E-state index is 0.260. The van der Waals surface area contributed by atoms with Gasteiger partial charge >= 0.3 is 0 Å². The van der Waals surface area contributed by atoms with Crippen LogP contribution in [0.5, 0.6) is 0 Å². The van der Waals surface area contributed by atoms with Crippen LogP contribution in [-0.2, 0) is 13.0 Å². The van der Waals surface area contributed by atoms with Crippen molar-refractivity contribution in [1.29, 1.82) is 0 Å². The smallest absolute Gasteiger partial charge is 0.287 e. The van der Waals surface area contributed by atoms with Crippen LogP contribution in [0.1, 0.15) is 70.5 Å². The molecule has 0 unspecified atom stereocenters. The zero-order valence-electron chi connectivity index (χ0n) is 16.8. The first-order chi connectivity index (χ1) is 13.4. The topological polar surface area (TPSA) is 76.0 Å². The monoisotopic (exact) mass is 380 g/mol. The van der Waals surface area contributed by atoms with Crippen molar-refractivity contribution in [1.82, 2.24) is 14.9 Å². The highest BCUT2D eigenvalue weighted by molar-refractivity contribution is 6.05. The first kappa shape index (κ1) is 19.9. The van der Waals surface area contributed by atoms with Crippen molar-refractivity contribution >= 4 is 17.5 Å². The molecule has 3 rings (SSSR count). The number of nitrogens with one attached hydrogen (secondary N) is 2. The molecule has 1 aliphatic rings. The standard InChI is InChI=1S/C22H28N4O2/c1-5-12-23-22(28)20-24-19(17-11-6-7-13-26(17)20)21(27)25-18-15(4)9-8-10-16(18)14(2)3/h5,8-10,14H,1,6-7,11-13H2,2-4H3,(H,23,28)(H,25,27). The van der Waals surface area contributed by atoms with Crippen molar-refractivity contribution in [2.45, 2.75) is 52.5 Å². The van der Waals surface area contributed by atoms with Crippen LogP contribution in [0.4, 0.5) is 5.69 Å². The maximum absolute atomic E-state index is 13.1. The van der Waals surface area contributed by atoms with E-state index in [1.54, 1.807) is 6.08 Å². The van der Waals surface area contributed by atoms with Crippen LogP contribution < -0.4 is 10.6 Å². The molecule has 2 heterocycles. The lowest BCUT2D eigenvalue weighted by Gasteiger charge is -2.18. The number of imidazole rings is 1. The minimum atomic E-state index is -0.277. The SMILES string of the molecule is C=CCNC(=O)c1nc(C(=O)Nc2c(C)cccc2C(C)C)c2n1CCCC2. The second kappa shape index (κ2) is 8.42. The molecule has 1 aromatic heterocycles. The van der Waals surface area contributed by atoms with E-state index < -0.39 is 0 Å². The number of carbonyl (C=O) groups excluding carboxylic acids is 2. The summed E-state index contributed by atoms with van der Waals surface area (Å²) in [7, 11) is 0. The van der Waals surface area contributed by atoms with Crippen LogP contribution >= 0.6 is 0 Å². The molecule has 1 aliphatic heterocycles. The Balaban J connectivity index is 1.96. The molecule has 2 N–H and O–H groups in total. The third-order valence-corrected chi connectivity index (χ3v) is 5.11. The van der Waals surface area contributed by atoms with Gasteiger partial charge < -0.3 is 15.2 Å². The van der Waals surface area contributed by atoms with Gasteiger partial charge in [0.05, 0.1) is 5.69 Å². The number of fused-ring (bicyclic) bond motifs is 1. The molecule has 6 heteroatoms. The molecule has 2 aromatic rings. The highest BCUT2D eigenvalue weighted by Gasteiger charge is 2.28. The molecule has 1 aromatic carbocycles. The van der Waals surface area contributed by atoms with Gasteiger partial charge in [-0.3, -0.25) is 9.59 Å². The van der Waals surface area contributed by atoms with Gasteiger partial charge in [-0.15, -0.1) is 6.58 Å². The number of rotatable bonds is 6. The van der Waals surface area contributed by atoms with E-state index >= 15 is 0 Å². The molecule has 0 bridgehead atoms. The van der Waals surface area contributed by atoms with Crippen molar-refractivity contribution < 1.29 is 9.59 Å². The van der Waals surface area contributed by atoms with Crippen LogP contribution in [0.25, 0.3) is 0 Å². The van der Waals surface area contributed by atoms with Crippen LogP contribution in [0.2, 0.25) is 0 Å². The Morgan fingerprint density at radius 2 is 2.07 bits per heavy atom. The zero-order valence-corrected chi connectivity index (χ0v) is 16.8. The molecule has 0 radical (unpaired) electrons. The van der Waals surface area contributed by atoms with E-state index in [1.165, 1.54) is 0 Å². The van der Waals surface area contributed by atoms with Gasteiger partial charge in [0.15, 0.2) is 11.5 Å². The van der Waals surface area contributed by atoms with Crippen molar-refractivity contribution in [3.63, 3.8) is 0 Å². The van der Waals surface area contributed by atoms with Crippen LogP contribution in [0.3, 0.4) is 0 Å². The number of carbonyl (C=O) groups is 2. The largest absolute Gasteiger partial charge is 0.346 e. The maximum atomic E-state index is 13.1. The zero-order chi connectivity index (χ0) is 20.3. The third kappa shape index (κ3) is 3.86. The Labute approximate surface area is 166 Å². The molecule has 28 heavy (non-hydrogen) atoms. The number of aromatic nitrogens is 2. The van der Waals surface area contributed by atoms with Gasteiger partial charge in [-0.2, -0.15) is 0 Å². The van der Waals surface area contributed by atoms with Gasteiger partial charge in [0.1, 0.15) is 0 Å². The minimum Gasteiger partial charge on any atom is -0.346 e. The van der Waals surface area contributed by atoms with Crippen molar-refractivity contribution in [2.24, 2.45) is 0 Å². The van der Waals surface area contributed by atoms with Crippen LogP contribution in [0.15, 0.2) is 30.9 Å². The van der Waals surface area contributed by atoms with Gasteiger partial charge in [0.2, 0.25) is 0 Å². The average Bonchev–Trinajstić information content (AvgIpc) is 3.07. The first-order valence-corrected chi connectivity index (χ1v) is 9.83. The number of benzene rings is 1. The Kier molecular flexibility index (Phi) is 5.97. The van der Waals surface area contributed by atoms with Gasteiger partial charge in [-0.05, 0) is 43.2 Å². The molecule has 148 valence electrons. The summed E-state index contributed by atoms with van der Waals surface area (Å²) in [6.07, 6.45) is 4.33. The molecule has 0 spiro atoms. The first-order valence-electron chi connectivity index (χ1n) is 9.83. The Bertz CT molecular complexity index is 912. The van der Waals surface area contributed by atoms with E-state index in [-0.39, 0.29) is 17.7 Å². The van der Waals surface area contributed by atoms with Crippen molar-refractivity contribution in [3.8, 4) is 0 Å². The van der Waals surface area contributed by atoms with Crippen molar-refractivity contribution in [2.75, 3.05) is 11.9 Å². The Morgan fingerprint density at radius 1 is 1.29 bits per heavy atom. The summed E-state index contributed by atoms with van der Waals surface area (Å²) < 4.78 is 1.89. The highest BCUT2D eigenvalue weighted by Crippen LogP contribution is 2.29. The summed E-state index contributed by atoms with van der Waals surface area (Å²) in [6.45, 7) is 10.9. The summed E-state index contributed by atoms with van der Waals surface area (Å²) in [5.41, 5.74) is 4.12. The summed E-state index contributed by atoms with van der Waals surface area (Å²) in [4.78, 5) is 30.1. The van der Waals surface area contributed by atoms with E-state index in [0.29, 0.717) is 24.6 Å². The number of para-hydroxylation sites is 1. The predicted octanol–water partition coefficient (Wildman–Crippen LogP) is 3.82. The number of hydrogen-bond donors (Lipinski definition) is 2. The summed E-state index contributed by atoms with van der Waals surface area (Å²) >= 11 is 0. The molecule has 0 fully saturated rings. The van der Waals surface area contributed by atoms with E-state index in [9.17, 15) is 9.59 Å². The number of amides is 2. The van der Waals surface area contributed by atoms with E-state index in [2.05, 4.69) is 36.0 Å². The van der Waals surface area contributed by atoms with Gasteiger partial charge in [0, 0.05) is 18.8 Å². The van der Waals surface area contributed by atoms with Gasteiger partial charge in [-0.1, -0.05) is 38.1 Å². The molecule has 0 atom stereocenters. The van der Waals surface area contributed by atoms with E-state index in [4.69, 9.17) is 0 Å². The molecule has 0 saturated heterocycles. The molecule has 6 nitrogen and oxygen atoms in total. The molecular weight excluding hydrogens is 352 g/mol. The molecule has 2 amide bonds. The lowest BCUT2D eigenvalue weighted by atomic mass is 9.98. The van der Waals surface area contributed by atoms with Crippen molar-refractivity contribution in [3.05, 3.63) is 59.2 Å². The molecule has 0 aliphatic carbocycles. The lowest BCUT2D eigenvalue weighted by molar-refractivity contribution is 0.0942. The fraction of sp³-hybridized carbons (Fsp3) is 0.409. The van der Waals surface area contributed by atoms with Gasteiger partial charge in [0.25, 0.3) is 11.8 Å². The molecular formula is C22H28N4O2. The highest BCUT2D eigenvalue weighted by atomic mass is 16.2. The number of aryl methyl sites for hydroxylation is 1. The fourth-order valence-electron chi connectivity index (χ4n) is 3.66. The fourth-order valence-corrected chi connectivity index (χ4v) is 3.66. The predicted molar refractivity (Wildman–Crippen MR) is 111 cm³/mol. The average molecular weight is 380 g/mol. The second-order valence-electron chi connectivity index (χ2n) is 7.49. The van der Waals surface area contributed by atoms with Crippen LogP contribution in [0, 0.1) is 6.92 Å². The maximum Gasteiger partial charge on any atom is 0.287 e. The Morgan fingerprint density at radius 3 is 2.79 bits per heavy atom. The number of hydrogen-bond acceptors (Lipinski definition) is 3. The summed E-state index contributed by atoms with van der Waals surface area (Å²) in [5.74, 6) is 0.0485. The molecule has 0 saturated carbocycles. The number of nitrogens with zero attached hydrogens (tertiary/aromatic N) is 2. The summed E-state index contributed by atoms with van der Waals surface area (Å²) in [5, 5.41) is 5.82. The number of anilines is 1. The summed E-state index contributed by atoms with van der Waals surface area (Å²) in [6, 6.07) is 6.02. The van der Waals surface area contributed by atoms with Crippen LogP contribution in [-0.4, -0.2) is 27.9 Å². The van der Waals surface area contributed by atoms with E-state index in [1.807, 2.05) is 29.7 Å². The normalized spacial score (nSPS) is 13.1. The quantitative estimate of drug-likeness (QED) is 0.748. The second-order valence-corrected chi connectivity index (χ2v) is 7.49. The van der Waals surface area contributed by atoms with E-state index in [0.717, 1.165) is 41.8 Å².